The van der Waals surface area contributed by atoms with E-state index in [2.05, 4.69) is 31.2 Å². The average Bonchev–Trinajstić information content (AvgIpc) is 2.55. The smallest absolute Gasteiger partial charge is 0.256 e. The standard InChI is InChI=1S/C18H14BrN3O/c1-12-20-10-9-17(21-12)13-5-4-6-14(11-13)22-18(23)15-7-2-3-8-16(15)19/h2-11H,1H3,(H,22,23). The number of carbonyl (C=O) groups excluding carboxylic acids is 1. The topological polar surface area (TPSA) is 54.9 Å². The van der Waals surface area contributed by atoms with Gasteiger partial charge in [-0.3, -0.25) is 4.79 Å². The highest BCUT2D eigenvalue weighted by Crippen LogP contribution is 2.22. The Hall–Kier alpha value is -2.53. The summed E-state index contributed by atoms with van der Waals surface area (Å²) in [5, 5.41) is 2.91. The third kappa shape index (κ3) is 3.63. The van der Waals surface area contributed by atoms with Crippen molar-refractivity contribution in [1.29, 1.82) is 0 Å². The second-order valence-electron chi connectivity index (χ2n) is 5.00. The van der Waals surface area contributed by atoms with Crippen LogP contribution in [0, 0.1) is 6.92 Å². The predicted molar refractivity (Wildman–Crippen MR) is 94.3 cm³/mol. The second kappa shape index (κ2) is 6.71. The molecule has 0 aliphatic carbocycles. The number of hydrogen-bond acceptors (Lipinski definition) is 3. The average molecular weight is 368 g/mol. The molecule has 1 N–H and O–H groups in total. The molecule has 5 heteroatoms. The Morgan fingerprint density at radius 3 is 2.70 bits per heavy atom. The molecule has 4 nitrogen and oxygen atoms in total. The third-order valence-electron chi connectivity index (χ3n) is 3.31. The number of amides is 1. The zero-order valence-corrected chi connectivity index (χ0v) is 14.0. The quantitative estimate of drug-likeness (QED) is 0.742. The maximum atomic E-state index is 12.4. The van der Waals surface area contributed by atoms with Gasteiger partial charge in [0.1, 0.15) is 5.82 Å². The van der Waals surface area contributed by atoms with E-state index in [0.29, 0.717) is 11.4 Å². The van der Waals surface area contributed by atoms with Gasteiger partial charge in [-0.1, -0.05) is 24.3 Å². The maximum Gasteiger partial charge on any atom is 0.256 e. The van der Waals surface area contributed by atoms with Gasteiger partial charge in [-0.2, -0.15) is 0 Å². The molecule has 0 radical (unpaired) electrons. The molecule has 0 spiro atoms. The lowest BCUT2D eigenvalue weighted by molar-refractivity contribution is 0.102. The molecule has 3 aromatic rings. The minimum atomic E-state index is -0.159. The van der Waals surface area contributed by atoms with Crippen LogP contribution in [0.1, 0.15) is 16.2 Å². The van der Waals surface area contributed by atoms with Crippen LogP contribution in [-0.2, 0) is 0 Å². The number of carbonyl (C=O) groups is 1. The summed E-state index contributed by atoms with van der Waals surface area (Å²) >= 11 is 3.39. The molecule has 0 bridgehead atoms. The minimum Gasteiger partial charge on any atom is -0.322 e. The number of rotatable bonds is 3. The first-order valence-corrected chi connectivity index (χ1v) is 7.89. The molecular weight excluding hydrogens is 354 g/mol. The number of aromatic nitrogens is 2. The lowest BCUT2D eigenvalue weighted by atomic mass is 10.1. The van der Waals surface area contributed by atoms with Gasteiger partial charge in [0, 0.05) is 21.9 Å². The number of anilines is 1. The number of aryl methyl sites for hydroxylation is 1. The number of halogens is 1. The summed E-state index contributed by atoms with van der Waals surface area (Å²) in [5.74, 6) is 0.554. The Balaban J connectivity index is 1.86. The predicted octanol–water partition coefficient (Wildman–Crippen LogP) is 4.47. The molecular formula is C18H14BrN3O. The highest BCUT2D eigenvalue weighted by molar-refractivity contribution is 9.10. The minimum absolute atomic E-state index is 0.159. The number of hydrogen-bond donors (Lipinski definition) is 1. The van der Waals surface area contributed by atoms with Crippen LogP contribution < -0.4 is 5.32 Å². The Kier molecular flexibility index (Phi) is 4.48. The molecule has 0 unspecified atom stereocenters. The van der Waals surface area contributed by atoms with E-state index in [9.17, 15) is 4.79 Å². The van der Waals surface area contributed by atoms with Gasteiger partial charge < -0.3 is 5.32 Å². The fourth-order valence-electron chi connectivity index (χ4n) is 2.22. The number of nitrogens with one attached hydrogen (secondary N) is 1. The number of nitrogens with zero attached hydrogens (tertiary/aromatic N) is 2. The molecule has 0 atom stereocenters. The SMILES string of the molecule is Cc1nccc(-c2cccc(NC(=O)c3ccccc3Br)c2)n1. The highest BCUT2D eigenvalue weighted by atomic mass is 79.9. The summed E-state index contributed by atoms with van der Waals surface area (Å²) in [5.41, 5.74) is 3.07. The summed E-state index contributed by atoms with van der Waals surface area (Å²) in [7, 11) is 0. The molecule has 1 heterocycles. The van der Waals surface area contributed by atoms with Crippen molar-refractivity contribution in [2.24, 2.45) is 0 Å². The van der Waals surface area contributed by atoms with E-state index in [0.717, 1.165) is 21.4 Å². The van der Waals surface area contributed by atoms with Crippen LogP contribution in [-0.4, -0.2) is 15.9 Å². The van der Waals surface area contributed by atoms with E-state index in [-0.39, 0.29) is 5.91 Å². The van der Waals surface area contributed by atoms with E-state index in [1.54, 1.807) is 12.3 Å². The van der Waals surface area contributed by atoms with Crippen molar-refractivity contribution in [2.45, 2.75) is 6.92 Å². The molecule has 0 saturated heterocycles. The first-order valence-electron chi connectivity index (χ1n) is 7.09. The van der Waals surface area contributed by atoms with Crippen molar-refractivity contribution in [3.05, 3.63) is 76.7 Å². The monoisotopic (exact) mass is 367 g/mol. The summed E-state index contributed by atoms with van der Waals surface area (Å²) in [4.78, 5) is 20.9. The lowest BCUT2D eigenvalue weighted by Gasteiger charge is -2.08. The van der Waals surface area contributed by atoms with Crippen LogP contribution in [0.2, 0.25) is 0 Å². The molecule has 1 aromatic heterocycles. The van der Waals surface area contributed by atoms with E-state index in [1.165, 1.54) is 0 Å². The van der Waals surface area contributed by atoms with Gasteiger partial charge in [0.15, 0.2) is 0 Å². The van der Waals surface area contributed by atoms with Gasteiger partial charge in [0.25, 0.3) is 5.91 Å². The molecule has 0 aliphatic rings. The molecule has 114 valence electrons. The van der Waals surface area contributed by atoms with Crippen LogP contribution in [0.3, 0.4) is 0 Å². The Morgan fingerprint density at radius 1 is 1.09 bits per heavy atom. The van der Waals surface area contributed by atoms with Gasteiger partial charge in [-0.15, -0.1) is 0 Å². The van der Waals surface area contributed by atoms with E-state index < -0.39 is 0 Å². The van der Waals surface area contributed by atoms with Gasteiger partial charge in [-0.25, -0.2) is 9.97 Å². The third-order valence-corrected chi connectivity index (χ3v) is 4.00. The summed E-state index contributed by atoms with van der Waals surface area (Å²) in [6, 6.07) is 16.8. The van der Waals surface area contributed by atoms with Gasteiger partial charge in [0.05, 0.1) is 11.3 Å². The first kappa shape index (κ1) is 15.4. The van der Waals surface area contributed by atoms with Crippen molar-refractivity contribution in [3.8, 4) is 11.3 Å². The Bertz CT molecular complexity index is 864. The maximum absolute atomic E-state index is 12.4. The zero-order chi connectivity index (χ0) is 16.2. The first-order chi connectivity index (χ1) is 11.1. The second-order valence-corrected chi connectivity index (χ2v) is 5.86. The van der Waals surface area contributed by atoms with Crippen LogP contribution in [0.15, 0.2) is 65.3 Å². The molecule has 3 rings (SSSR count). The van der Waals surface area contributed by atoms with Crippen molar-refractivity contribution in [3.63, 3.8) is 0 Å². The van der Waals surface area contributed by atoms with Crippen molar-refractivity contribution < 1.29 is 4.79 Å². The molecule has 2 aromatic carbocycles. The summed E-state index contributed by atoms with van der Waals surface area (Å²) in [6.45, 7) is 1.85. The number of benzene rings is 2. The van der Waals surface area contributed by atoms with E-state index >= 15 is 0 Å². The van der Waals surface area contributed by atoms with Gasteiger partial charge >= 0.3 is 0 Å². The zero-order valence-electron chi connectivity index (χ0n) is 12.5. The Morgan fingerprint density at radius 2 is 1.91 bits per heavy atom. The van der Waals surface area contributed by atoms with Crippen LogP contribution in [0.25, 0.3) is 11.3 Å². The van der Waals surface area contributed by atoms with Gasteiger partial charge in [-0.05, 0) is 53.2 Å². The van der Waals surface area contributed by atoms with Crippen molar-refractivity contribution in [1.82, 2.24) is 9.97 Å². The summed E-state index contributed by atoms with van der Waals surface area (Å²) in [6.07, 6.45) is 1.73. The molecule has 23 heavy (non-hydrogen) atoms. The normalized spacial score (nSPS) is 10.3. The van der Waals surface area contributed by atoms with Crippen LogP contribution in [0.5, 0.6) is 0 Å². The fraction of sp³-hybridized carbons (Fsp3) is 0.0556. The van der Waals surface area contributed by atoms with Crippen LogP contribution >= 0.6 is 15.9 Å². The van der Waals surface area contributed by atoms with Gasteiger partial charge in [0.2, 0.25) is 0 Å². The molecule has 1 amide bonds. The molecule has 0 fully saturated rings. The Labute approximate surface area is 142 Å². The van der Waals surface area contributed by atoms with Crippen LogP contribution in [0.4, 0.5) is 5.69 Å². The molecule has 0 saturated carbocycles. The molecule has 0 aliphatic heterocycles. The van der Waals surface area contributed by atoms with E-state index in [1.807, 2.05) is 55.5 Å². The van der Waals surface area contributed by atoms with Crippen molar-refractivity contribution in [2.75, 3.05) is 5.32 Å². The van der Waals surface area contributed by atoms with E-state index in [4.69, 9.17) is 0 Å². The fourth-order valence-corrected chi connectivity index (χ4v) is 2.68. The van der Waals surface area contributed by atoms with Crippen molar-refractivity contribution >= 4 is 27.5 Å². The lowest BCUT2D eigenvalue weighted by Crippen LogP contribution is -2.12. The summed E-state index contributed by atoms with van der Waals surface area (Å²) < 4.78 is 0.764. The highest BCUT2D eigenvalue weighted by Gasteiger charge is 2.10. The largest absolute Gasteiger partial charge is 0.322 e.